The molecule has 18 heavy (non-hydrogen) atoms. The minimum absolute atomic E-state index is 0.126. The van der Waals surface area contributed by atoms with Gasteiger partial charge >= 0.3 is 5.97 Å². The van der Waals surface area contributed by atoms with Crippen LogP contribution in [0, 0.1) is 13.8 Å². The van der Waals surface area contributed by atoms with E-state index in [1.807, 2.05) is 25.1 Å². The Bertz CT molecular complexity index is 601. The van der Waals surface area contributed by atoms with Gasteiger partial charge in [0.2, 0.25) is 5.76 Å². The molecule has 0 aliphatic rings. The summed E-state index contributed by atoms with van der Waals surface area (Å²) in [5.74, 6) is -0.465. The van der Waals surface area contributed by atoms with Gasteiger partial charge in [-0.2, -0.15) is 0 Å². The monoisotopic (exact) mass is 247 g/mol. The van der Waals surface area contributed by atoms with E-state index in [-0.39, 0.29) is 5.76 Å². The van der Waals surface area contributed by atoms with Crippen LogP contribution in [-0.2, 0) is 0 Å². The number of carboxylic acids is 1. The third-order valence-electron chi connectivity index (χ3n) is 2.79. The Morgan fingerprint density at radius 2 is 2.11 bits per heavy atom. The molecule has 2 rings (SSSR count). The van der Waals surface area contributed by atoms with Gasteiger partial charge in [0.05, 0.1) is 7.11 Å². The van der Waals surface area contributed by atoms with Crippen LogP contribution in [0.3, 0.4) is 0 Å². The highest BCUT2D eigenvalue weighted by atomic mass is 16.5. The molecule has 5 heteroatoms. The van der Waals surface area contributed by atoms with E-state index >= 15 is 0 Å². The SMILES string of the molecule is COc1ccc(-c2noc(C(=O)O)c2C)cc1C. The third-order valence-corrected chi connectivity index (χ3v) is 2.79. The molecule has 0 aliphatic heterocycles. The lowest BCUT2D eigenvalue weighted by molar-refractivity contribution is 0.0651. The van der Waals surface area contributed by atoms with Crippen LogP contribution in [0.15, 0.2) is 22.7 Å². The lowest BCUT2D eigenvalue weighted by Gasteiger charge is -2.05. The zero-order valence-corrected chi connectivity index (χ0v) is 10.4. The van der Waals surface area contributed by atoms with Gasteiger partial charge in [-0.05, 0) is 37.6 Å². The largest absolute Gasteiger partial charge is 0.496 e. The number of rotatable bonds is 3. The molecule has 1 aromatic carbocycles. The topological polar surface area (TPSA) is 72.6 Å². The number of ether oxygens (including phenoxy) is 1. The summed E-state index contributed by atoms with van der Waals surface area (Å²) in [5.41, 5.74) is 2.82. The summed E-state index contributed by atoms with van der Waals surface area (Å²) >= 11 is 0. The summed E-state index contributed by atoms with van der Waals surface area (Å²) in [6.45, 7) is 3.59. The molecule has 0 aliphatic carbocycles. The molecular weight excluding hydrogens is 234 g/mol. The first kappa shape index (κ1) is 12.2. The zero-order chi connectivity index (χ0) is 13.3. The number of hydrogen-bond donors (Lipinski definition) is 1. The minimum atomic E-state index is -1.11. The summed E-state index contributed by atoms with van der Waals surface area (Å²) in [6, 6.07) is 5.52. The molecule has 5 nitrogen and oxygen atoms in total. The third kappa shape index (κ3) is 1.95. The highest BCUT2D eigenvalue weighted by molar-refractivity contribution is 5.88. The lowest BCUT2D eigenvalue weighted by Crippen LogP contribution is -1.96. The Kier molecular flexibility index (Phi) is 3.06. The van der Waals surface area contributed by atoms with Crippen LogP contribution in [0.5, 0.6) is 5.75 Å². The Labute approximate surface area is 104 Å². The lowest BCUT2D eigenvalue weighted by atomic mass is 10.0. The fourth-order valence-electron chi connectivity index (χ4n) is 1.83. The highest BCUT2D eigenvalue weighted by Gasteiger charge is 2.19. The van der Waals surface area contributed by atoms with Crippen LogP contribution in [0.2, 0.25) is 0 Å². The predicted octanol–water partition coefficient (Wildman–Crippen LogP) is 2.67. The van der Waals surface area contributed by atoms with Crippen molar-refractivity contribution in [3.8, 4) is 17.0 Å². The first-order valence-electron chi connectivity index (χ1n) is 5.39. The van der Waals surface area contributed by atoms with Crippen molar-refractivity contribution >= 4 is 5.97 Å². The summed E-state index contributed by atoms with van der Waals surface area (Å²) in [4.78, 5) is 10.9. The van der Waals surface area contributed by atoms with Gasteiger partial charge in [-0.15, -0.1) is 0 Å². The predicted molar refractivity (Wildman–Crippen MR) is 64.9 cm³/mol. The summed E-state index contributed by atoms with van der Waals surface area (Å²) < 4.78 is 10.00. The molecule has 0 saturated heterocycles. The summed E-state index contributed by atoms with van der Waals surface area (Å²) in [6.07, 6.45) is 0. The van der Waals surface area contributed by atoms with Crippen molar-refractivity contribution < 1.29 is 19.2 Å². The van der Waals surface area contributed by atoms with Crippen LogP contribution in [-0.4, -0.2) is 23.3 Å². The normalized spacial score (nSPS) is 10.4. The van der Waals surface area contributed by atoms with Crippen molar-refractivity contribution in [2.75, 3.05) is 7.11 Å². The number of carboxylic acid groups (broad SMARTS) is 1. The number of methoxy groups -OCH3 is 1. The smallest absolute Gasteiger partial charge is 0.375 e. The second-order valence-electron chi connectivity index (χ2n) is 3.97. The maximum atomic E-state index is 10.9. The van der Waals surface area contributed by atoms with Crippen molar-refractivity contribution in [2.45, 2.75) is 13.8 Å². The molecule has 1 aromatic heterocycles. The number of aryl methyl sites for hydroxylation is 1. The molecule has 0 fully saturated rings. The van der Waals surface area contributed by atoms with Gasteiger partial charge in [-0.3, -0.25) is 0 Å². The van der Waals surface area contributed by atoms with Crippen LogP contribution in [0.25, 0.3) is 11.3 Å². The number of nitrogens with zero attached hydrogens (tertiary/aromatic N) is 1. The number of carbonyl (C=O) groups is 1. The van der Waals surface area contributed by atoms with E-state index in [9.17, 15) is 4.79 Å². The van der Waals surface area contributed by atoms with E-state index in [1.165, 1.54) is 0 Å². The van der Waals surface area contributed by atoms with Gasteiger partial charge in [0.25, 0.3) is 0 Å². The molecule has 0 amide bonds. The van der Waals surface area contributed by atoms with Gasteiger partial charge in [-0.1, -0.05) is 5.16 Å². The highest BCUT2D eigenvalue weighted by Crippen LogP contribution is 2.28. The van der Waals surface area contributed by atoms with Gasteiger partial charge in [0.1, 0.15) is 11.4 Å². The van der Waals surface area contributed by atoms with Gasteiger partial charge in [0.15, 0.2) is 0 Å². The summed E-state index contributed by atoms with van der Waals surface area (Å²) in [7, 11) is 1.60. The number of aromatic nitrogens is 1. The van der Waals surface area contributed by atoms with Crippen molar-refractivity contribution in [3.63, 3.8) is 0 Å². The maximum absolute atomic E-state index is 10.9. The Balaban J connectivity index is 2.49. The molecule has 2 aromatic rings. The van der Waals surface area contributed by atoms with Gasteiger partial charge in [-0.25, -0.2) is 4.79 Å². The summed E-state index contributed by atoms with van der Waals surface area (Å²) in [5, 5.41) is 12.7. The van der Waals surface area contributed by atoms with Crippen LogP contribution >= 0.6 is 0 Å². The first-order chi connectivity index (χ1) is 8.54. The second kappa shape index (κ2) is 4.52. The van der Waals surface area contributed by atoms with Crippen molar-refractivity contribution in [1.82, 2.24) is 5.16 Å². The molecule has 0 unspecified atom stereocenters. The van der Waals surface area contributed by atoms with Crippen LogP contribution < -0.4 is 4.74 Å². The van der Waals surface area contributed by atoms with E-state index in [2.05, 4.69) is 5.16 Å². The Hall–Kier alpha value is -2.30. The fraction of sp³-hybridized carbons (Fsp3) is 0.231. The Morgan fingerprint density at radius 3 is 2.61 bits per heavy atom. The van der Waals surface area contributed by atoms with Crippen molar-refractivity contribution in [2.24, 2.45) is 0 Å². The molecule has 0 saturated carbocycles. The molecule has 0 bridgehead atoms. The maximum Gasteiger partial charge on any atom is 0.375 e. The van der Waals surface area contributed by atoms with Crippen LogP contribution in [0.1, 0.15) is 21.7 Å². The molecule has 1 heterocycles. The first-order valence-corrected chi connectivity index (χ1v) is 5.39. The zero-order valence-electron chi connectivity index (χ0n) is 10.4. The van der Waals surface area contributed by atoms with Gasteiger partial charge < -0.3 is 14.4 Å². The van der Waals surface area contributed by atoms with Crippen molar-refractivity contribution in [3.05, 3.63) is 35.1 Å². The van der Waals surface area contributed by atoms with Crippen LogP contribution in [0.4, 0.5) is 0 Å². The van der Waals surface area contributed by atoms with E-state index in [0.717, 1.165) is 16.9 Å². The quantitative estimate of drug-likeness (QED) is 0.902. The van der Waals surface area contributed by atoms with E-state index in [1.54, 1.807) is 14.0 Å². The average Bonchev–Trinajstić information content (AvgIpc) is 2.71. The number of benzene rings is 1. The van der Waals surface area contributed by atoms with E-state index in [4.69, 9.17) is 14.4 Å². The molecule has 1 N–H and O–H groups in total. The van der Waals surface area contributed by atoms with E-state index in [0.29, 0.717) is 11.3 Å². The molecule has 94 valence electrons. The number of aromatic carboxylic acids is 1. The molecule has 0 atom stereocenters. The fourth-order valence-corrected chi connectivity index (χ4v) is 1.83. The average molecular weight is 247 g/mol. The number of hydrogen-bond acceptors (Lipinski definition) is 4. The Morgan fingerprint density at radius 1 is 1.39 bits per heavy atom. The van der Waals surface area contributed by atoms with Crippen molar-refractivity contribution in [1.29, 1.82) is 0 Å². The minimum Gasteiger partial charge on any atom is -0.496 e. The molecular formula is C13H13NO4. The standard InChI is InChI=1S/C13H13NO4/c1-7-6-9(4-5-10(7)17-3)11-8(2)12(13(15)16)18-14-11/h4-6H,1-3H3,(H,15,16). The second-order valence-corrected chi connectivity index (χ2v) is 3.97. The van der Waals surface area contributed by atoms with Gasteiger partial charge in [0, 0.05) is 11.1 Å². The molecule has 0 spiro atoms. The van der Waals surface area contributed by atoms with E-state index < -0.39 is 5.97 Å². The molecule has 0 radical (unpaired) electrons.